The zero-order chi connectivity index (χ0) is 27.7. The number of amidine groups is 1. The first kappa shape index (κ1) is 28.1. The van der Waals surface area contributed by atoms with Gasteiger partial charge in [0.2, 0.25) is 10.0 Å². The molecule has 0 unspecified atom stereocenters. The van der Waals surface area contributed by atoms with E-state index in [-0.39, 0.29) is 49.0 Å². The highest BCUT2D eigenvalue weighted by atomic mass is 32.2. The van der Waals surface area contributed by atoms with Crippen LogP contribution in [0.4, 0.5) is 23.7 Å². The van der Waals surface area contributed by atoms with Crippen molar-refractivity contribution in [1.29, 1.82) is 0 Å². The van der Waals surface area contributed by atoms with E-state index in [4.69, 9.17) is 4.99 Å². The predicted octanol–water partition coefficient (Wildman–Crippen LogP) is 4.04. The van der Waals surface area contributed by atoms with Crippen molar-refractivity contribution in [3.05, 3.63) is 34.7 Å². The number of halogens is 3. The molecule has 3 amide bonds. The number of benzene rings is 1. The quantitative estimate of drug-likeness (QED) is 0.571. The maximum Gasteiger partial charge on any atom is 0.417 e. The Hall–Kier alpha value is -2.93. The SMILES string of the molecule is CN(C)C(=O)Nc1ccc(C=CS(=O)(=O)N2CCC3(CC2)N=C(C2CCCCC2)NC3=O)c(C(F)(F)F)c1. The molecule has 4 rings (SSSR count). The summed E-state index contributed by atoms with van der Waals surface area (Å²) in [4.78, 5) is 30.5. The highest BCUT2D eigenvalue weighted by Crippen LogP contribution is 2.36. The van der Waals surface area contributed by atoms with Crippen LogP contribution in [-0.4, -0.2) is 68.1 Å². The van der Waals surface area contributed by atoms with E-state index in [9.17, 15) is 31.2 Å². The minimum Gasteiger partial charge on any atom is -0.331 e. The number of carbonyl (C=O) groups is 2. The van der Waals surface area contributed by atoms with Crippen LogP contribution in [0.1, 0.15) is 56.1 Å². The Morgan fingerprint density at radius 3 is 2.45 bits per heavy atom. The number of alkyl halides is 3. The Bertz CT molecular complexity index is 1250. The number of piperidine rings is 1. The first-order chi connectivity index (χ1) is 17.8. The Balaban J connectivity index is 1.47. The van der Waals surface area contributed by atoms with Crippen molar-refractivity contribution in [2.24, 2.45) is 10.9 Å². The first-order valence-corrected chi connectivity index (χ1v) is 14.1. The number of hydrogen-bond acceptors (Lipinski definition) is 5. The zero-order valence-corrected chi connectivity index (χ0v) is 22.2. The fraction of sp³-hybridized carbons (Fsp3) is 0.560. The summed E-state index contributed by atoms with van der Waals surface area (Å²) in [5.41, 5.74) is -2.49. The molecule has 0 atom stereocenters. The fourth-order valence-corrected chi connectivity index (χ4v) is 6.25. The van der Waals surface area contributed by atoms with Gasteiger partial charge in [0, 0.05) is 44.2 Å². The van der Waals surface area contributed by atoms with Gasteiger partial charge >= 0.3 is 12.2 Å². The number of anilines is 1. The van der Waals surface area contributed by atoms with Gasteiger partial charge in [0.05, 0.1) is 5.56 Å². The summed E-state index contributed by atoms with van der Waals surface area (Å²) in [5, 5.41) is 6.02. The number of rotatable bonds is 5. The molecular formula is C25H32F3N5O4S. The normalized spacial score (nSPS) is 21.0. The fourth-order valence-electron chi connectivity index (χ4n) is 5.07. The van der Waals surface area contributed by atoms with Crippen molar-refractivity contribution in [1.82, 2.24) is 14.5 Å². The number of urea groups is 1. The van der Waals surface area contributed by atoms with E-state index >= 15 is 0 Å². The topological polar surface area (TPSA) is 111 Å². The number of sulfonamides is 1. The smallest absolute Gasteiger partial charge is 0.331 e. The molecule has 2 aliphatic heterocycles. The Kier molecular flexibility index (Phi) is 7.89. The Morgan fingerprint density at radius 1 is 1.18 bits per heavy atom. The van der Waals surface area contributed by atoms with Crippen molar-refractivity contribution in [2.75, 3.05) is 32.5 Å². The molecule has 208 valence electrons. The molecule has 13 heteroatoms. The molecule has 9 nitrogen and oxygen atoms in total. The third kappa shape index (κ3) is 6.04. The van der Waals surface area contributed by atoms with Crippen LogP contribution in [0.25, 0.3) is 6.08 Å². The van der Waals surface area contributed by atoms with Crippen molar-refractivity contribution < 1.29 is 31.2 Å². The summed E-state index contributed by atoms with van der Waals surface area (Å²) in [6, 6.07) is 2.54. The average molecular weight is 556 g/mol. The van der Waals surface area contributed by atoms with Crippen LogP contribution in [0.5, 0.6) is 0 Å². The van der Waals surface area contributed by atoms with E-state index in [2.05, 4.69) is 10.6 Å². The molecule has 1 saturated carbocycles. The van der Waals surface area contributed by atoms with Crippen molar-refractivity contribution in [2.45, 2.75) is 56.7 Å². The molecule has 3 aliphatic rings. The van der Waals surface area contributed by atoms with Crippen LogP contribution in [0.15, 0.2) is 28.6 Å². The summed E-state index contributed by atoms with van der Waals surface area (Å²) in [6.07, 6.45) is 1.85. The van der Waals surface area contributed by atoms with Crippen molar-refractivity contribution in [3.63, 3.8) is 0 Å². The maximum atomic E-state index is 13.7. The number of amides is 3. The molecule has 2 N–H and O–H groups in total. The molecule has 1 spiro atoms. The van der Waals surface area contributed by atoms with Gasteiger partial charge < -0.3 is 15.5 Å². The van der Waals surface area contributed by atoms with E-state index in [1.165, 1.54) is 31.5 Å². The molecule has 1 aromatic carbocycles. The van der Waals surface area contributed by atoms with Crippen molar-refractivity contribution in [3.8, 4) is 0 Å². The lowest BCUT2D eigenvalue weighted by molar-refractivity contribution is -0.137. The van der Waals surface area contributed by atoms with Gasteiger partial charge in [-0.2, -0.15) is 17.5 Å². The van der Waals surface area contributed by atoms with Gasteiger partial charge in [-0.3, -0.25) is 9.79 Å². The van der Waals surface area contributed by atoms with Crippen molar-refractivity contribution >= 4 is 39.6 Å². The standard InChI is InChI=1S/C25H32F3N5O4S/c1-32(2)23(35)29-19-9-8-17(20(16-19)25(26,27)28)10-15-38(36,37)33-13-11-24(12-14-33)22(34)30-21(31-24)18-6-4-3-5-7-18/h8-10,15-16,18H,3-7,11-14H2,1-2H3,(H,29,35)(H,30,31,34). The third-order valence-electron chi connectivity index (χ3n) is 7.34. The molecule has 1 aromatic rings. The molecule has 38 heavy (non-hydrogen) atoms. The molecule has 2 fully saturated rings. The monoisotopic (exact) mass is 555 g/mol. The second-order valence-corrected chi connectivity index (χ2v) is 12.0. The highest BCUT2D eigenvalue weighted by Gasteiger charge is 2.48. The maximum absolute atomic E-state index is 13.7. The summed E-state index contributed by atoms with van der Waals surface area (Å²) >= 11 is 0. The largest absolute Gasteiger partial charge is 0.417 e. The zero-order valence-electron chi connectivity index (χ0n) is 21.3. The van der Waals surface area contributed by atoms with Gasteiger partial charge in [-0.15, -0.1) is 0 Å². The summed E-state index contributed by atoms with van der Waals surface area (Å²) < 4.78 is 68.2. The lowest BCUT2D eigenvalue weighted by Crippen LogP contribution is -2.50. The van der Waals surface area contributed by atoms with E-state index in [1.54, 1.807) is 0 Å². The minimum atomic E-state index is -4.77. The van der Waals surface area contributed by atoms with Crippen LogP contribution < -0.4 is 10.6 Å². The number of nitrogens with one attached hydrogen (secondary N) is 2. The first-order valence-electron chi connectivity index (χ1n) is 12.6. The molecule has 0 radical (unpaired) electrons. The second-order valence-electron chi connectivity index (χ2n) is 10.2. The number of nitrogens with zero attached hydrogens (tertiary/aromatic N) is 3. The van der Waals surface area contributed by atoms with Crippen LogP contribution in [0.3, 0.4) is 0 Å². The molecular weight excluding hydrogens is 523 g/mol. The van der Waals surface area contributed by atoms with Crippen LogP contribution in [0, 0.1) is 5.92 Å². The Labute approximate surface area is 220 Å². The van der Waals surface area contributed by atoms with Gasteiger partial charge in [0.1, 0.15) is 11.4 Å². The van der Waals surface area contributed by atoms with Crippen LogP contribution >= 0.6 is 0 Å². The molecule has 2 heterocycles. The average Bonchev–Trinajstić information content (AvgIpc) is 3.18. The number of aliphatic imine (C=N–C) groups is 1. The van der Waals surface area contributed by atoms with Gasteiger partial charge in [-0.05, 0) is 49.5 Å². The predicted molar refractivity (Wildman–Crippen MR) is 138 cm³/mol. The van der Waals surface area contributed by atoms with Gasteiger partial charge in [0.25, 0.3) is 5.91 Å². The second kappa shape index (κ2) is 10.7. The summed E-state index contributed by atoms with van der Waals surface area (Å²) in [5.74, 6) is 0.722. The molecule has 0 aromatic heterocycles. The Morgan fingerprint density at radius 2 is 1.84 bits per heavy atom. The van der Waals surface area contributed by atoms with Gasteiger partial charge in [-0.25, -0.2) is 13.2 Å². The van der Waals surface area contributed by atoms with E-state index in [1.807, 2.05) is 0 Å². The minimum absolute atomic E-state index is 0.0309. The van der Waals surface area contributed by atoms with Crippen LogP contribution in [-0.2, 0) is 21.0 Å². The van der Waals surface area contributed by atoms with E-state index in [0.717, 1.165) is 53.6 Å². The highest BCUT2D eigenvalue weighted by molar-refractivity contribution is 7.92. The molecule has 1 saturated heterocycles. The van der Waals surface area contributed by atoms with Crippen LogP contribution in [0.2, 0.25) is 0 Å². The number of carbonyl (C=O) groups excluding carboxylic acids is 2. The van der Waals surface area contributed by atoms with E-state index in [0.29, 0.717) is 5.84 Å². The summed E-state index contributed by atoms with van der Waals surface area (Å²) in [6.45, 7) is 0.0619. The summed E-state index contributed by atoms with van der Waals surface area (Å²) in [7, 11) is -1.15. The van der Waals surface area contributed by atoms with Gasteiger partial charge in [0.15, 0.2) is 0 Å². The van der Waals surface area contributed by atoms with E-state index < -0.39 is 33.3 Å². The lowest BCUT2D eigenvalue weighted by atomic mass is 9.88. The molecule has 1 aliphatic carbocycles. The molecule has 0 bridgehead atoms. The number of hydrogen-bond donors (Lipinski definition) is 2. The van der Waals surface area contributed by atoms with Gasteiger partial charge in [-0.1, -0.05) is 25.3 Å². The third-order valence-corrected chi connectivity index (χ3v) is 8.90. The lowest BCUT2D eigenvalue weighted by Gasteiger charge is -2.34.